The zero-order valence-corrected chi connectivity index (χ0v) is 12.9. The number of carbonyl (C=O) groups is 1. The van der Waals surface area contributed by atoms with Gasteiger partial charge in [0.1, 0.15) is 6.61 Å². The van der Waals surface area contributed by atoms with Crippen molar-refractivity contribution in [2.45, 2.75) is 20.3 Å². The molecule has 1 aromatic carbocycles. The monoisotopic (exact) mass is 299 g/mol. The highest BCUT2D eigenvalue weighted by Crippen LogP contribution is 2.23. The van der Waals surface area contributed by atoms with Gasteiger partial charge in [-0.05, 0) is 30.5 Å². The van der Waals surface area contributed by atoms with Crippen molar-refractivity contribution in [2.75, 3.05) is 11.9 Å². The molecular formula is C17H17NO2S. The number of carbonyl (C=O) groups excluding carboxylic acids is 1. The first-order valence-corrected chi connectivity index (χ1v) is 7.61. The third-order valence-electron chi connectivity index (χ3n) is 3.13. The molecule has 0 radical (unpaired) electrons. The maximum atomic E-state index is 12.3. The first-order valence-electron chi connectivity index (χ1n) is 6.73. The van der Waals surface area contributed by atoms with E-state index in [-0.39, 0.29) is 12.5 Å². The van der Waals surface area contributed by atoms with Gasteiger partial charge in [-0.1, -0.05) is 37.0 Å². The number of thiophene rings is 1. The predicted octanol–water partition coefficient (Wildman–Crippen LogP) is 3.22. The Morgan fingerprint density at radius 1 is 1.43 bits per heavy atom. The molecule has 2 aromatic rings. The Bertz CT molecular complexity index is 707. The topological polar surface area (TPSA) is 49.3 Å². The summed E-state index contributed by atoms with van der Waals surface area (Å²) in [7, 11) is 0. The summed E-state index contributed by atoms with van der Waals surface area (Å²) in [4.78, 5) is 13.1. The second kappa shape index (κ2) is 7.07. The number of hydrogen-bond acceptors (Lipinski definition) is 3. The first kappa shape index (κ1) is 15.3. The van der Waals surface area contributed by atoms with Gasteiger partial charge in [0.15, 0.2) is 0 Å². The zero-order valence-electron chi connectivity index (χ0n) is 12.1. The number of benzene rings is 1. The maximum absolute atomic E-state index is 12.3. The van der Waals surface area contributed by atoms with Gasteiger partial charge in [0, 0.05) is 11.1 Å². The van der Waals surface area contributed by atoms with Crippen molar-refractivity contribution >= 4 is 22.9 Å². The van der Waals surface area contributed by atoms with Gasteiger partial charge in [-0.3, -0.25) is 4.79 Å². The highest BCUT2D eigenvalue weighted by atomic mass is 32.1. The van der Waals surface area contributed by atoms with E-state index in [9.17, 15) is 4.79 Å². The number of aliphatic hydroxyl groups excluding tert-OH is 1. The summed E-state index contributed by atoms with van der Waals surface area (Å²) in [6.45, 7) is 3.88. The molecule has 0 spiro atoms. The fraction of sp³-hybridized carbons (Fsp3) is 0.235. The summed E-state index contributed by atoms with van der Waals surface area (Å²) < 4.78 is 0. The average Bonchev–Trinajstić information content (AvgIpc) is 2.96. The van der Waals surface area contributed by atoms with E-state index < -0.39 is 0 Å². The summed E-state index contributed by atoms with van der Waals surface area (Å²) in [6.07, 6.45) is 0.869. The van der Waals surface area contributed by atoms with E-state index in [2.05, 4.69) is 24.1 Å². The van der Waals surface area contributed by atoms with Crippen molar-refractivity contribution in [1.29, 1.82) is 0 Å². The van der Waals surface area contributed by atoms with E-state index in [0.717, 1.165) is 28.1 Å². The first-order chi connectivity index (χ1) is 10.2. The van der Waals surface area contributed by atoms with Gasteiger partial charge in [0.25, 0.3) is 5.91 Å². The Morgan fingerprint density at radius 3 is 2.95 bits per heavy atom. The molecule has 0 saturated carbocycles. The summed E-state index contributed by atoms with van der Waals surface area (Å²) >= 11 is 1.40. The molecule has 3 nitrogen and oxygen atoms in total. The average molecular weight is 299 g/mol. The number of para-hydroxylation sites is 1. The lowest BCUT2D eigenvalue weighted by atomic mass is 10.1. The number of aliphatic hydroxyl groups is 1. The third kappa shape index (κ3) is 3.72. The fourth-order valence-corrected chi connectivity index (χ4v) is 2.79. The Labute approximate surface area is 128 Å². The van der Waals surface area contributed by atoms with E-state index in [0.29, 0.717) is 5.56 Å². The largest absolute Gasteiger partial charge is 0.384 e. The van der Waals surface area contributed by atoms with E-state index in [1.807, 2.05) is 25.1 Å². The minimum absolute atomic E-state index is 0.132. The summed E-state index contributed by atoms with van der Waals surface area (Å²) in [5, 5.41) is 13.4. The van der Waals surface area contributed by atoms with E-state index in [1.54, 1.807) is 11.4 Å². The van der Waals surface area contributed by atoms with Gasteiger partial charge in [-0.2, -0.15) is 0 Å². The van der Waals surface area contributed by atoms with E-state index in [1.165, 1.54) is 11.3 Å². The second-order valence-corrected chi connectivity index (χ2v) is 5.49. The van der Waals surface area contributed by atoms with Gasteiger partial charge in [-0.25, -0.2) is 0 Å². The Balaban J connectivity index is 2.20. The molecule has 4 heteroatoms. The molecule has 2 rings (SSSR count). The molecule has 0 atom stereocenters. The number of hydrogen-bond donors (Lipinski definition) is 2. The van der Waals surface area contributed by atoms with Crippen LogP contribution in [0.4, 0.5) is 5.69 Å². The Hall–Kier alpha value is -2.09. The molecule has 0 aliphatic rings. The van der Waals surface area contributed by atoms with Crippen molar-refractivity contribution in [3.05, 3.63) is 51.2 Å². The van der Waals surface area contributed by atoms with Crippen LogP contribution in [0, 0.1) is 18.8 Å². The molecule has 0 fully saturated rings. The van der Waals surface area contributed by atoms with Crippen molar-refractivity contribution in [2.24, 2.45) is 0 Å². The molecule has 0 unspecified atom stereocenters. The predicted molar refractivity (Wildman–Crippen MR) is 86.8 cm³/mol. The van der Waals surface area contributed by atoms with Gasteiger partial charge in [0.2, 0.25) is 0 Å². The molecule has 1 aromatic heterocycles. The van der Waals surface area contributed by atoms with Crippen molar-refractivity contribution in [1.82, 2.24) is 0 Å². The number of aryl methyl sites for hydroxylation is 2. The fourth-order valence-electron chi connectivity index (χ4n) is 2.04. The molecule has 1 heterocycles. The minimum atomic E-state index is -0.178. The second-order valence-electron chi connectivity index (χ2n) is 4.58. The lowest BCUT2D eigenvalue weighted by molar-refractivity contribution is 0.102. The lowest BCUT2D eigenvalue weighted by Gasteiger charge is -2.12. The van der Waals surface area contributed by atoms with Gasteiger partial charge >= 0.3 is 0 Å². The van der Waals surface area contributed by atoms with Crippen LogP contribution in [-0.2, 0) is 6.42 Å². The molecule has 0 aliphatic heterocycles. The van der Waals surface area contributed by atoms with Crippen LogP contribution in [0.1, 0.15) is 33.3 Å². The molecule has 1 amide bonds. The number of anilines is 1. The normalized spacial score (nSPS) is 9.86. The van der Waals surface area contributed by atoms with Crippen LogP contribution < -0.4 is 5.32 Å². The molecule has 0 aliphatic carbocycles. The van der Waals surface area contributed by atoms with Gasteiger partial charge in [-0.15, -0.1) is 11.3 Å². The number of rotatable bonds is 3. The van der Waals surface area contributed by atoms with Crippen LogP contribution >= 0.6 is 11.3 Å². The molecular weight excluding hydrogens is 282 g/mol. The zero-order chi connectivity index (χ0) is 15.2. The summed E-state index contributed by atoms with van der Waals surface area (Å²) in [5.41, 5.74) is 3.66. The van der Waals surface area contributed by atoms with E-state index >= 15 is 0 Å². The highest BCUT2D eigenvalue weighted by Gasteiger charge is 2.12. The number of nitrogens with one attached hydrogen (secondary N) is 1. The van der Waals surface area contributed by atoms with Crippen LogP contribution in [0.25, 0.3) is 0 Å². The van der Waals surface area contributed by atoms with Crippen molar-refractivity contribution in [3.8, 4) is 11.8 Å². The van der Waals surface area contributed by atoms with Crippen LogP contribution in [0.2, 0.25) is 0 Å². The molecule has 2 N–H and O–H groups in total. The van der Waals surface area contributed by atoms with Crippen LogP contribution in [0.5, 0.6) is 0 Å². The molecule has 0 bridgehead atoms. The SMILES string of the molecule is CCc1cccc(C)c1NC(=O)c1csc(C#CCO)c1. The van der Waals surface area contributed by atoms with E-state index in [4.69, 9.17) is 5.11 Å². The van der Waals surface area contributed by atoms with Crippen LogP contribution in [-0.4, -0.2) is 17.6 Å². The quantitative estimate of drug-likeness (QED) is 0.855. The minimum Gasteiger partial charge on any atom is -0.384 e. The highest BCUT2D eigenvalue weighted by molar-refractivity contribution is 7.10. The third-order valence-corrected chi connectivity index (χ3v) is 3.98. The van der Waals surface area contributed by atoms with Gasteiger partial charge in [0.05, 0.1) is 10.4 Å². The van der Waals surface area contributed by atoms with Crippen LogP contribution in [0.15, 0.2) is 29.6 Å². The molecule has 21 heavy (non-hydrogen) atoms. The van der Waals surface area contributed by atoms with Crippen molar-refractivity contribution in [3.63, 3.8) is 0 Å². The Morgan fingerprint density at radius 2 is 2.24 bits per heavy atom. The van der Waals surface area contributed by atoms with Crippen molar-refractivity contribution < 1.29 is 9.90 Å². The summed E-state index contributed by atoms with van der Waals surface area (Å²) in [6, 6.07) is 7.75. The van der Waals surface area contributed by atoms with Crippen LogP contribution in [0.3, 0.4) is 0 Å². The summed E-state index contributed by atoms with van der Waals surface area (Å²) in [5.74, 6) is 5.25. The molecule has 108 valence electrons. The Kier molecular flexibility index (Phi) is 5.15. The maximum Gasteiger partial charge on any atom is 0.256 e. The number of amides is 1. The lowest BCUT2D eigenvalue weighted by Crippen LogP contribution is -2.13. The van der Waals surface area contributed by atoms with Gasteiger partial charge < -0.3 is 10.4 Å². The smallest absolute Gasteiger partial charge is 0.256 e. The standard InChI is InChI=1S/C17H17NO2S/c1-3-13-7-4-6-12(2)16(13)18-17(20)14-10-15(21-11-14)8-5-9-19/h4,6-7,10-11,19H,3,9H2,1-2H3,(H,18,20). The molecule has 0 saturated heterocycles.